The third-order valence-electron chi connectivity index (χ3n) is 2.61. The molecule has 0 spiro atoms. The molecule has 18 heavy (non-hydrogen) atoms. The molecule has 94 valence electrons. The summed E-state index contributed by atoms with van der Waals surface area (Å²) >= 11 is 0. The van der Waals surface area contributed by atoms with Gasteiger partial charge in [-0.25, -0.2) is 0 Å². The van der Waals surface area contributed by atoms with Gasteiger partial charge in [0.25, 0.3) is 0 Å². The lowest BCUT2D eigenvalue weighted by Crippen LogP contribution is -2.30. The zero-order valence-corrected chi connectivity index (χ0v) is 10.4. The number of benzene rings is 1. The van der Waals surface area contributed by atoms with Crippen LogP contribution in [0.3, 0.4) is 0 Å². The number of ether oxygens (including phenoxy) is 1. The van der Waals surface area contributed by atoms with Crippen LogP contribution in [0.15, 0.2) is 30.3 Å². The standard InChI is InChI=1S/C14H15NO3/c1-3-18-14(17)13(10(2)16)12(9-15)11-7-5-4-6-8-11/h4-8,12-13H,3H2,1-2H3. The number of esters is 1. The van der Waals surface area contributed by atoms with Crippen LogP contribution in [0.4, 0.5) is 0 Å². The second-order valence-electron chi connectivity index (χ2n) is 3.86. The molecule has 0 saturated heterocycles. The molecule has 1 rings (SSSR count). The van der Waals surface area contributed by atoms with Gasteiger partial charge in [0, 0.05) is 0 Å². The fraction of sp³-hybridized carbons (Fsp3) is 0.357. The molecule has 0 amide bonds. The van der Waals surface area contributed by atoms with E-state index in [1.54, 1.807) is 31.2 Å². The van der Waals surface area contributed by atoms with Crippen molar-refractivity contribution in [3.8, 4) is 6.07 Å². The first kappa shape index (κ1) is 13.9. The number of hydrogen-bond acceptors (Lipinski definition) is 4. The average Bonchev–Trinajstić information content (AvgIpc) is 2.36. The molecule has 0 N–H and O–H groups in total. The van der Waals surface area contributed by atoms with Gasteiger partial charge in [0.15, 0.2) is 0 Å². The van der Waals surface area contributed by atoms with E-state index in [-0.39, 0.29) is 12.4 Å². The summed E-state index contributed by atoms with van der Waals surface area (Å²) in [6.07, 6.45) is 0. The summed E-state index contributed by atoms with van der Waals surface area (Å²) in [7, 11) is 0. The molecule has 0 fully saturated rings. The van der Waals surface area contributed by atoms with E-state index in [9.17, 15) is 14.9 Å². The Bertz CT molecular complexity index is 462. The Morgan fingerprint density at radius 1 is 1.33 bits per heavy atom. The van der Waals surface area contributed by atoms with E-state index in [4.69, 9.17) is 4.74 Å². The van der Waals surface area contributed by atoms with E-state index < -0.39 is 17.8 Å². The molecule has 0 bridgehead atoms. The van der Waals surface area contributed by atoms with Crippen LogP contribution in [0, 0.1) is 17.2 Å². The van der Waals surface area contributed by atoms with Crippen LogP contribution in [-0.2, 0) is 14.3 Å². The summed E-state index contributed by atoms with van der Waals surface area (Å²) < 4.78 is 4.86. The second-order valence-corrected chi connectivity index (χ2v) is 3.86. The zero-order valence-electron chi connectivity index (χ0n) is 10.4. The lowest BCUT2D eigenvalue weighted by atomic mass is 9.85. The van der Waals surface area contributed by atoms with Crippen molar-refractivity contribution in [1.29, 1.82) is 5.26 Å². The van der Waals surface area contributed by atoms with Crippen LogP contribution in [-0.4, -0.2) is 18.4 Å². The summed E-state index contributed by atoms with van der Waals surface area (Å²) in [6, 6.07) is 10.8. The van der Waals surface area contributed by atoms with Crippen molar-refractivity contribution in [2.24, 2.45) is 5.92 Å². The topological polar surface area (TPSA) is 67.2 Å². The fourth-order valence-electron chi connectivity index (χ4n) is 1.77. The van der Waals surface area contributed by atoms with E-state index in [1.807, 2.05) is 12.1 Å². The maximum Gasteiger partial charge on any atom is 0.318 e. The first-order chi connectivity index (χ1) is 8.61. The predicted octanol–water partition coefficient (Wildman–Crippen LogP) is 2.06. The molecule has 1 aromatic rings. The molecule has 0 heterocycles. The van der Waals surface area contributed by atoms with E-state index in [2.05, 4.69) is 0 Å². The second kappa shape index (κ2) is 6.55. The highest BCUT2D eigenvalue weighted by Gasteiger charge is 2.34. The van der Waals surface area contributed by atoms with Crippen molar-refractivity contribution in [1.82, 2.24) is 0 Å². The number of carbonyl (C=O) groups is 2. The Kier molecular flexibility index (Phi) is 5.06. The van der Waals surface area contributed by atoms with Crippen molar-refractivity contribution in [3.63, 3.8) is 0 Å². The van der Waals surface area contributed by atoms with Crippen LogP contribution in [0.25, 0.3) is 0 Å². The number of hydrogen-bond donors (Lipinski definition) is 0. The number of Topliss-reactive ketones (excluding diaryl/α,β-unsaturated/α-hetero) is 1. The molecule has 1 aromatic carbocycles. The lowest BCUT2D eigenvalue weighted by Gasteiger charge is -2.18. The molecule has 0 aromatic heterocycles. The molecule has 2 unspecified atom stereocenters. The molecule has 0 radical (unpaired) electrons. The van der Waals surface area contributed by atoms with Gasteiger partial charge in [0.05, 0.1) is 18.6 Å². The smallest absolute Gasteiger partial charge is 0.318 e. The molecular weight excluding hydrogens is 230 g/mol. The Balaban J connectivity index is 3.07. The molecular formula is C14H15NO3. The normalized spacial score (nSPS) is 13.2. The van der Waals surface area contributed by atoms with Crippen LogP contribution in [0.2, 0.25) is 0 Å². The Morgan fingerprint density at radius 3 is 2.39 bits per heavy atom. The summed E-state index contributed by atoms with van der Waals surface area (Å²) in [5, 5.41) is 9.21. The fourth-order valence-corrected chi connectivity index (χ4v) is 1.77. The minimum atomic E-state index is -1.06. The van der Waals surface area contributed by atoms with Gasteiger partial charge in [-0.1, -0.05) is 30.3 Å². The number of nitriles is 1. The van der Waals surface area contributed by atoms with E-state index in [0.717, 1.165) is 0 Å². The highest BCUT2D eigenvalue weighted by atomic mass is 16.5. The van der Waals surface area contributed by atoms with Crippen molar-refractivity contribution in [2.75, 3.05) is 6.61 Å². The van der Waals surface area contributed by atoms with Crippen molar-refractivity contribution in [2.45, 2.75) is 19.8 Å². The Hall–Kier alpha value is -2.15. The molecule has 4 heteroatoms. The number of nitrogens with zero attached hydrogens (tertiary/aromatic N) is 1. The molecule has 0 saturated carbocycles. The quantitative estimate of drug-likeness (QED) is 0.588. The largest absolute Gasteiger partial charge is 0.465 e. The molecule has 4 nitrogen and oxygen atoms in total. The van der Waals surface area contributed by atoms with Gasteiger partial charge in [-0.3, -0.25) is 9.59 Å². The summed E-state index contributed by atoms with van der Waals surface area (Å²) in [5.41, 5.74) is 0.647. The van der Waals surface area contributed by atoms with Gasteiger partial charge in [-0.2, -0.15) is 5.26 Å². The average molecular weight is 245 g/mol. The summed E-state index contributed by atoms with van der Waals surface area (Å²) in [5.74, 6) is -2.86. The van der Waals surface area contributed by atoms with Crippen LogP contribution < -0.4 is 0 Å². The molecule has 2 atom stereocenters. The SMILES string of the molecule is CCOC(=O)C(C(C)=O)C(C#N)c1ccccc1. The number of rotatable bonds is 5. The lowest BCUT2D eigenvalue weighted by molar-refractivity contribution is -0.151. The minimum Gasteiger partial charge on any atom is -0.465 e. The summed E-state index contributed by atoms with van der Waals surface area (Å²) in [4.78, 5) is 23.3. The van der Waals surface area contributed by atoms with E-state index >= 15 is 0 Å². The van der Waals surface area contributed by atoms with Crippen molar-refractivity contribution >= 4 is 11.8 Å². The molecule has 0 aliphatic heterocycles. The number of carbonyl (C=O) groups excluding carboxylic acids is 2. The van der Waals surface area contributed by atoms with Gasteiger partial charge in [-0.05, 0) is 19.4 Å². The van der Waals surface area contributed by atoms with Crippen molar-refractivity contribution in [3.05, 3.63) is 35.9 Å². The van der Waals surface area contributed by atoms with Gasteiger partial charge in [-0.15, -0.1) is 0 Å². The van der Waals surface area contributed by atoms with E-state index in [0.29, 0.717) is 5.56 Å². The molecule has 0 aliphatic carbocycles. The summed E-state index contributed by atoms with van der Waals surface area (Å²) in [6.45, 7) is 3.16. The van der Waals surface area contributed by atoms with Crippen molar-refractivity contribution < 1.29 is 14.3 Å². The van der Waals surface area contributed by atoms with E-state index in [1.165, 1.54) is 6.92 Å². The van der Waals surface area contributed by atoms with Crippen LogP contribution in [0.5, 0.6) is 0 Å². The maximum atomic E-state index is 11.8. The zero-order chi connectivity index (χ0) is 13.5. The van der Waals surface area contributed by atoms with Gasteiger partial charge < -0.3 is 4.74 Å². The molecule has 0 aliphatic rings. The van der Waals surface area contributed by atoms with Gasteiger partial charge in [0.2, 0.25) is 0 Å². The van der Waals surface area contributed by atoms with Crippen LogP contribution >= 0.6 is 0 Å². The Labute approximate surface area is 106 Å². The highest BCUT2D eigenvalue weighted by Crippen LogP contribution is 2.26. The monoisotopic (exact) mass is 245 g/mol. The third kappa shape index (κ3) is 3.17. The Morgan fingerprint density at radius 2 is 1.94 bits per heavy atom. The maximum absolute atomic E-state index is 11.8. The first-order valence-corrected chi connectivity index (χ1v) is 5.73. The number of ketones is 1. The van der Waals surface area contributed by atoms with Gasteiger partial charge >= 0.3 is 5.97 Å². The van der Waals surface area contributed by atoms with Crippen LogP contribution in [0.1, 0.15) is 25.3 Å². The predicted molar refractivity (Wildman–Crippen MR) is 65.6 cm³/mol. The first-order valence-electron chi connectivity index (χ1n) is 5.73. The van der Waals surface area contributed by atoms with Gasteiger partial charge in [0.1, 0.15) is 11.7 Å². The minimum absolute atomic E-state index is 0.190. The third-order valence-corrected chi connectivity index (χ3v) is 2.61. The highest BCUT2D eigenvalue weighted by molar-refractivity contribution is 5.99.